The van der Waals surface area contributed by atoms with Crippen molar-refractivity contribution in [1.29, 1.82) is 0 Å². The minimum atomic E-state index is -3.29. The van der Waals surface area contributed by atoms with Gasteiger partial charge in [0, 0.05) is 10.7 Å². The fourth-order valence-corrected chi connectivity index (χ4v) is 3.35. The van der Waals surface area contributed by atoms with E-state index in [1.54, 1.807) is 12.1 Å². The molecule has 17 heavy (non-hydrogen) atoms. The van der Waals surface area contributed by atoms with Gasteiger partial charge < -0.3 is 10.8 Å². The summed E-state index contributed by atoms with van der Waals surface area (Å²) in [5, 5.41) is 8.66. The number of hydrogen-bond donors (Lipinski definition) is 2. The lowest BCUT2D eigenvalue weighted by molar-refractivity contribution is -0.138. The maximum atomic E-state index is 11.3. The van der Waals surface area contributed by atoms with Crippen LogP contribution in [0.15, 0.2) is 27.6 Å². The molecule has 0 heterocycles. The van der Waals surface area contributed by atoms with Crippen LogP contribution in [0.3, 0.4) is 0 Å². The van der Waals surface area contributed by atoms with E-state index < -0.39 is 21.8 Å². The molecule has 0 aliphatic heterocycles. The summed E-state index contributed by atoms with van der Waals surface area (Å²) < 4.78 is 23.1. The lowest BCUT2D eigenvalue weighted by Crippen LogP contribution is -2.32. The zero-order chi connectivity index (χ0) is 13.2. The molecule has 0 aromatic heterocycles. The molecule has 7 heteroatoms. The zero-order valence-corrected chi connectivity index (χ0v) is 11.5. The number of halogens is 1. The molecule has 1 rings (SSSR count). The van der Waals surface area contributed by atoms with Gasteiger partial charge in [0.2, 0.25) is 0 Å². The molecule has 94 valence electrons. The Hall–Kier alpha value is -0.920. The van der Waals surface area contributed by atoms with Gasteiger partial charge in [0.15, 0.2) is 9.84 Å². The van der Waals surface area contributed by atoms with Crippen molar-refractivity contribution in [3.8, 4) is 0 Å². The smallest absolute Gasteiger partial charge is 0.320 e. The van der Waals surface area contributed by atoms with Crippen LogP contribution in [0.2, 0.25) is 0 Å². The first-order valence-electron chi connectivity index (χ1n) is 4.68. The van der Waals surface area contributed by atoms with Gasteiger partial charge in [-0.2, -0.15) is 0 Å². The summed E-state index contributed by atoms with van der Waals surface area (Å²) in [6.07, 6.45) is 1.26. The fourth-order valence-electron chi connectivity index (χ4n) is 1.31. The van der Waals surface area contributed by atoms with Crippen LogP contribution in [-0.4, -0.2) is 31.8 Å². The molecule has 0 saturated heterocycles. The number of carboxylic acids is 1. The van der Waals surface area contributed by atoms with E-state index in [1.807, 2.05) is 0 Å². The number of benzene rings is 1. The van der Waals surface area contributed by atoms with Crippen molar-refractivity contribution in [2.24, 2.45) is 5.73 Å². The number of rotatable bonds is 4. The topological polar surface area (TPSA) is 97.5 Å². The van der Waals surface area contributed by atoms with Gasteiger partial charge >= 0.3 is 5.97 Å². The average Bonchev–Trinajstić information content (AvgIpc) is 2.15. The van der Waals surface area contributed by atoms with Gasteiger partial charge in [0.1, 0.15) is 6.04 Å². The second-order valence-electron chi connectivity index (χ2n) is 3.69. The molecule has 0 fully saturated rings. The van der Waals surface area contributed by atoms with Crippen LogP contribution in [0.5, 0.6) is 0 Å². The Morgan fingerprint density at radius 3 is 2.53 bits per heavy atom. The Labute approximate surface area is 108 Å². The number of aliphatic carboxylic acids is 1. The van der Waals surface area contributed by atoms with Gasteiger partial charge in [0.05, 0.1) is 4.90 Å². The Bertz CT molecular complexity index is 541. The predicted molar refractivity (Wildman–Crippen MR) is 66.6 cm³/mol. The Morgan fingerprint density at radius 2 is 2.12 bits per heavy atom. The van der Waals surface area contributed by atoms with Crippen LogP contribution in [-0.2, 0) is 21.1 Å². The lowest BCUT2D eigenvalue weighted by atomic mass is 10.1. The van der Waals surface area contributed by atoms with Crippen LogP contribution in [0.1, 0.15) is 5.56 Å². The first-order valence-corrected chi connectivity index (χ1v) is 7.37. The first-order chi connectivity index (χ1) is 7.71. The lowest BCUT2D eigenvalue weighted by Gasteiger charge is -2.08. The van der Waals surface area contributed by atoms with Gasteiger partial charge in [-0.15, -0.1) is 0 Å². The third-order valence-electron chi connectivity index (χ3n) is 2.17. The normalized spacial score (nSPS) is 13.4. The molecule has 5 nitrogen and oxygen atoms in total. The Balaban J connectivity index is 3.02. The summed E-state index contributed by atoms with van der Waals surface area (Å²) in [4.78, 5) is 10.8. The molecule has 0 radical (unpaired) electrons. The second kappa shape index (κ2) is 5.16. The van der Waals surface area contributed by atoms with E-state index >= 15 is 0 Å². The summed E-state index contributed by atoms with van der Waals surface area (Å²) in [7, 11) is -3.29. The van der Waals surface area contributed by atoms with E-state index in [0.29, 0.717) is 10.0 Å². The van der Waals surface area contributed by atoms with Gasteiger partial charge in [-0.25, -0.2) is 8.42 Å². The number of sulfone groups is 1. The van der Waals surface area contributed by atoms with Crippen LogP contribution in [0, 0.1) is 0 Å². The SMILES string of the molecule is CS(=O)(=O)c1ccc(CC(N)C(=O)O)cc1Br. The third-order valence-corrected chi connectivity index (χ3v) is 4.24. The molecule has 0 aliphatic rings. The van der Waals surface area contributed by atoms with E-state index in [-0.39, 0.29) is 11.3 Å². The van der Waals surface area contributed by atoms with Crippen molar-refractivity contribution >= 4 is 31.7 Å². The van der Waals surface area contributed by atoms with Crippen LogP contribution in [0.4, 0.5) is 0 Å². The van der Waals surface area contributed by atoms with Crippen molar-refractivity contribution in [2.45, 2.75) is 17.4 Å². The molecule has 0 amide bonds. The molecule has 3 N–H and O–H groups in total. The van der Waals surface area contributed by atoms with E-state index in [4.69, 9.17) is 10.8 Å². The van der Waals surface area contributed by atoms with E-state index in [9.17, 15) is 13.2 Å². The van der Waals surface area contributed by atoms with Crippen LogP contribution in [0.25, 0.3) is 0 Å². The Morgan fingerprint density at radius 1 is 1.53 bits per heavy atom. The van der Waals surface area contributed by atoms with Gasteiger partial charge in [-0.1, -0.05) is 6.07 Å². The number of hydrogen-bond acceptors (Lipinski definition) is 4. The molecule has 1 unspecified atom stereocenters. The highest BCUT2D eigenvalue weighted by atomic mass is 79.9. The molecule has 0 saturated carbocycles. The maximum Gasteiger partial charge on any atom is 0.320 e. The molecule has 0 bridgehead atoms. The predicted octanol–water partition coefficient (Wildman–Crippen LogP) is 0.807. The molecule has 0 aliphatic carbocycles. The summed E-state index contributed by atoms with van der Waals surface area (Å²) in [6, 6.07) is 3.57. The molecular formula is C10H12BrNO4S. The summed E-state index contributed by atoms with van der Waals surface area (Å²) in [5.41, 5.74) is 6.06. The van der Waals surface area contributed by atoms with Crippen molar-refractivity contribution < 1.29 is 18.3 Å². The first kappa shape index (κ1) is 14.1. The highest BCUT2D eigenvalue weighted by molar-refractivity contribution is 9.10. The van der Waals surface area contributed by atoms with Gasteiger partial charge in [-0.3, -0.25) is 4.79 Å². The number of carboxylic acid groups (broad SMARTS) is 1. The molecule has 1 aromatic rings. The number of nitrogens with two attached hydrogens (primary N) is 1. The molecule has 1 aromatic carbocycles. The molecule has 1 atom stereocenters. The average molecular weight is 322 g/mol. The van der Waals surface area contributed by atoms with Gasteiger partial charge in [0.25, 0.3) is 0 Å². The fraction of sp³-hybridized carbons (Fsp3) is 0.300. The van der Waals surface area contributed by atoms with Crippen molar-refractivity contribution in [3.05, 3.63) is 28.2 Å². The summed E-state index contributed by atoms with van der Waals surface area (Å²) >= 11 is 3.14. The summed E-state index contributed by atoms with van der Waals surface area (Å²) in [6.45, 7) is 0. The Kier molecular flexibility index (Phi) is 4.29. The van der Waals surface area contributed by atoms with E-state index in [2.05, 4.69) is 15.9 Å². The minimum absolute atomic E-state index is 0.151. The largest absolute Gasteiger partial charge is 0.480 e. The molecule has 0 spiro atoms. The van der Waals surface area contributed by atoms with Crippen molar-refractivity contribution in [1.82, 2.24) is 0 Å². The summed E-state index contributed by atoms with van der Waals surface area (Å²) in [5.74, 6) is -1.09. The molecular weight excluding hydrogens is 310 g/mol. The quantitative estimate of drug-likeness (QED) is 0.855. The van der Waals surface area contributed by atoms with Crippen LogP contribution >= 0.6 is 15.9 Å². The monoisotopic (exact) mass is 321 g/mol. The highest BCUT2D eigenvalue weighted by Gasteiger charge is 2.15. The van der Waals surface area contributed by atoms with Gasteiger partial charge in [-0.05, 0) is 40.0 Å². The van der Waals surface area contributed by atoms with Crippen molar-refractivity contribution in [2.75, 3.05) is 6.26 Å². The standard InChI is InChI=1S/C10H12BrNO4S/c1-17(15,16)9-3-2-6(4-7(9)11)5-8(12)10(13)14/h2-4,8H,5,12H2,1H3,(H,13,14). The third kappa shape index (κ3) is 3.79. The number of carbonyl (C=O) groups is 1. The zero-order valence-electron chi connectivity index (χ0n) is 9.05. The van der Waals surface area contributed by atoms with E-state index in [1.165, 1.54) is 6.07 Å². The maximum absolute atomic E-state index is 11.3. The highest BCUT2D eigenvalue weighted by Crippen LogP contribution is 2.23. The van der Waals surface area contributed by atoms with Crippen LogP contribution < -0.4 is 5.73 Å². The van der Waals surface area contributed by atoms with E-state index in [0.717, 1.165) is 6.26 Å². The minimum Gasteiger partial charge on any atom is -0.480 e. The second-order valence-corrected chi connectivity index (χ2v) is 6.52. The van der Waals surface area contributed by atoms with Crippen molar-refractivity contribution in [3.63, 3.8) is 0 Å².